The predicted molar refractivity (Wildman–Crippen MR) is 200 cm³/mol. The minimum absolute atomic E-state index is 0.880. The van der Waals surface area contributed by atoms with E-state index < -0.39 is 0 Å². The standard InChI is InChI=1S/C43H30N2S/c1-2-9-29(10-3-1)30-16-20-33(21-17-30)45(35-24-25-42-41(28-35)39-15-8-26-44-43(39)46-42)34-22-18-31(19-23-34)40-27-32-11-4-5-12-36(32)37-13-6-7-14-38(37)40/h1-25,27-28,44H,26H2. The summed E-state index contributed by atoms with van der Waals surface area (Å²) in [6.45, 7) is 0.880. The van der Waals surface area contributed by atoms with Crippen LogP contribution in [0.1, 0.15) is 5.56 Å². The second-order valence-electron chi connectivity index (χ2n) is 11.8. The molecule has 0 amide bonds. The molecule has 9 rings (SSSR count). The van der Waals surface area contributed by atoms with Gasteiger partial charge in [0.2, 0.25) is 0 Å². The normalized spacial score (nSPS) is 12.3. The predicted octanol–water partition coefficient (Wildman–Crippen LogP) is 12.5. The number of nitrogens with zero attached hydrogens (tertiary/aromatic N) is 1. The van der Waals surface area contributed by atoms with E-state index in [1.165, 1.54) is 64.4 Å². The van der Waals surface area contributed by atoms with E-state index in [4.69, 9.17) is 0 Å². The molecule has 7 aromatic carbocycles. The Kier molecular flexibility index (Phi) is 6.43. The Morgan fingerprint density at radius 1 is 0.500 bits per heavy atom. The SMILES string of the molecule is C1=Cc2c(sc3ccc(N(c4ccc(-c5ccccc5)cc4)c4ccc(-c5cc6ccccc6c6ccccc56)cc4)cc23)NC1. The van der Waals surface area contributed by atoms with Gasteiger partial charge in [-0.25, -0.2) is 0 Å². The first-order chi connectivity index (χ1) is 22.8. The molecule has 218 valence electrons. The van der Waals surface area contributed by atoms with Gasteiger partial charge < -0.3 is 10.2 Å². The molecule has 0 saturated carbocycles. The summed E-state index contributed by atoms with van der Waals surface area (Å²) in [5.41, 5.74) is 9.57. The molecule has 1 aromatic heterocycles. The first kappa shape index (κ1) is 26.7. The van der Waals surface area contributed by atoms with Gasteiger partial charge in [-0.05, 0) is 92.3 Å². The second-order valence-corrected chi connectivity index (χ2v) is 12.8. The molecule has 8 aromatic rings. The highest BCUT2D eigenvalue weighted by Crippen LogP contribution is 2.43. The van der Waals surface area contributed by atoms with E-state index in [0.29, 0.717) is 0 Å². The molecule has 2 nitrogen and oxygen atoms in total. The van der Waals surface area contributed by atoms with Gasteiger partial charge in [-0.15, -0.1) is 11.3 Å². The summed E-state index contributed by atoms with van der Waals surface area (Å²) in [6.07, 6.45) is 4.46. The molecular formula is C43H30N2S. The van der Waals surface area contributed by atoms with E-state index in [-0.39, 0.29) is 0 Å². The number of thiophene rings is 1. The molecule has 2 heterocycles. The highest BCUT2D eigenvalue weighted by molar-refractivity contribution is 7.23. The molecule has 1 aliphatic heterocycles. The number of hydrogen-bond acceptors (Lipinski definition) is 3. The van der Waals surface area contributed by atoms with Gasteiger partial charge in [-0.1, -0.05) is 115 Å². The van der Waals surface area contributed by atoms with Gasteiger partial charge in [0.1, 0.15) is 0 Å². The molecular weight excluding hydrogens is 577 g/mol. The third-order valence-corrected chi connectivity index (χ3v) is 10.2. The minimum atomic E-state index is 0.880. The fourth-order valence-electron chi connectivity index (χ4n) is 6.83. The van der Waals surface area contributed by atoms with Gasteiger partial charge in [0.25, 0.3) is 0 Å². The van der Waals surface area contributed by atoms with Crippen molar-refractivity contribution in [3.05, 3.63) is 163 Å². The van der Waals surface area contributed by atoms with E-state index >= 15 is 0 Å². The minimum Gasteiger partial charge on any atom is -0.373 e. The van der Waals surface area contributed by atoms with Crippen LogP contribution in [0.2, 0.25) is 0 Å². The van der Waals surface area contributed by atoms with Crippen LogP contribution in [-0.2, 0) is 0 Å². The van der Waals surface area contributed by atoms with Crippen molar-refractivity contribution < 1.29 is 0 Å². The summed E-state index contributed by atoms with van der Waals surface area (Å²) in [4.78, 5) is 2.38. The van der Waals surface area contributed by atoms with Gasteiger partial charge in [0, 0.05) is 39.3 Å². The lowest BCUT2D eigenvalue weighted by molar-refractivity contribution is 1.29. The summed E-state index contributed by atoms with van der Waals surface area (Å²) in [5, 5.41) is 11.2. The zero-order valence-electron chi connectivity index (χ0n) is 25.2. The summed E-state index contributed by atoms with van der Waals surface area (Å²) in [7, 11) is 0. The summed E-state index contributed by atoms with van der Waals surface area (Å²) < 4.78 is 1.30. The molecule has 1 aliphatic rings. The number of anilines is 4. The Morgan fingerprint density at radius 2 is 1.13 bits per heavy atom. The van der Waals surface area contributed by atoms with E-state index in [9.17, 15) is 0 Å². The lowest BCUT2D eigenvalue weighted by Gasteiger charge is -2.26. The molecule has 0 fully saturated rings. The third kappa shape index (κ3) is 4.56. The molecule has 1 N–H and O–H groups in total. The fourth-order valence-corrected chi connectivity index (χ4v) is 7.91. The molecule has 0 aliphatic carbocycles. The highest BCUT2D eigenvalue weighted by atomic mass is 32.1. The van der Waals surface area contributed by atoms with Gasteiger partial charge in [-0.3, -0.25) is 0 Å². The van der Waals surface area contributed by atoms with Crippen molar-refractivity contribution >= 4 is 71.1 Å². The van der Waals surface area contributed by atoms with E-state index in [2.05, 4.69) is 174 Å². The lowest BCUT2D eigenvalue weighted by Crippen LogP contribution is -2.09. The van der Waals surface area contributed by atoms with Crippen molar-refractivity contribution in [3.63, 3.8) is 0 Å². The number of fused-ring (bicyclic) bond motifs is 6. The van der Waals surface area contributed by atoms with Crippen LogP contribution in [0.3, 0.4) is 0 Å². The molecule has 0 bridgehead atoms. The van der Waals surface area contributed by atoms with E-state index in [0.717, 1.165) is 23.6 Å². The Hall–Kier alpha value is -5.64. The average Bonchev–Trinajstić information content (AvgIpc) is 3.51. The van der Waals surface area contributed by atoms with Crippen LogP contribution in [0.25, 0.3) is 60.0 Å². The van der Waals surface area contributed by atoms with Crippen molar-refractivity contribution in [2.75, 3.05) is 16.8 Å². The Morgan fingerprint density at radius 3 is 1.91 bits per heavy atom. The van der Waals surface area contributed by atoms with Crippen LogP contribution in [0.15, 0.2) is 158 Å². The maximum Gasteiger partial charge on any atom is 0.0971 e. The Bertz CT molecular complexity index is 2400. The lowest BCUT2D eigenvalue weighted by atomic mass is 9.93. The Balaban J connectivity index is 1.17. The summed E-state index contributed by atoms with van der Waals surface area (Å²) in [6, 6.07) is 55.2. The second kappa shape index (κ2) is 11.1. The number of rotatable bonds is 5. The topological polar surface area (TPSA) is 15.3 Å². The monoisotopic (exact) mass is 606 g/mol. The van der Waals surface area contributed by atoms with Crippen LogP contribution >= 0.6 is 11.3 Å². The summed E-state index contributed by atoms with van der Waals surface area (Å²) >= 11 is 1.83. The van der Waals surface area contributed by atoms with Crippen LogP contribution < -0.4 is 10.2 Å². The maximum absolute atomic E-state index is 3.55. The molecule has 0 unspecified atom stereocenters. The van der Waals surface area contributed by atoms with Crippen molar-refractivity contribution in [2.24, 2.45) is 0 Å². The van der Waals surface area contributed by atoms with Crippen LogP contribution in [0.4, 0.5) is 22.1 Å². The van der Waals surface area contributed by atoms with Gasteiger partial charge in [-0.2, -0.15) is 0 Å². The highest BCUT2D eigenvalue weighted by Gasteiger charge is 2.18. The van der Waals surface area contributed by atoms with Gasteiger partial charge in [0.15, 0.2) is 0 Å². The van der Waals surface area contributed by atoms with E-state index in [1.54, 1.807) is 0 Å². The first-order valence-electron chi connectivity index (χ1n) is 15.7. The molecule has 0 radical (unpaired) electrons. The third-order valence-electron chi connectivity index (χ3n) is 9.07. The summed E-state index contributed by atoms with van der Waals surface area (Å²) in [5.74, 6) is 0. The maximum atomic E-state index is 3.55. The first-order valence-corrected chi connectivity index (χ1v) is 16.6. The molecule has 46 heavy (non-hydrogen) atoms. The largest absolute Gasteiger partial charge is 0.373 e. The Labute approximate surface area is 272 Å². The quantitative estimate of drug-likeness (QED) is 0.196. The van der Waals surface area contributed by atoms with Crippen LogP contribution in [0.5, 0.6) is 0 Å². The molecule has 3 heteroatoms. The van der Waals surface area contributed by atoms with Crippen LogP contribution in [-0.4, -0.2) is 6.54 Å². The number of hydrogen-bond donors (Lipinski definition) is 1. The van der Waals surface area contributed by atoms with Crippen molar-refractivity contribution in [1.82, 2.24) is 0 Å². The van der Waals surface area contributed by atoms with Crippen molar-refractivity contribution in [2.45, 2.75) is 0 Å². The van der Waals surface area contributed by atoms with Crippen molar-refractivity contribution in [1.29, 1.82) is 0 Å². The van der Waals surface area contributed by atoms with Crippen LogP contribution in [0, 0.1) is 0 Å². The zero-order valence-corrected chi connectivity index (χ0v) is 26.0. The molecule has 0 atom stereocenters. The van der Waals surface area contributed by atoms with Gasteiger partial charge in [0.05, 0.1) is 5.00 Å². The zero-order chi connectivity index (χ0) is 30.5. The van der Waals surface area contributed by atoms with Crippen molar-refractivity contribution in [3.8, 4) is 22.3 Å². The number of benzene rings is 7. The number of nitrogens with one attached hydrogen (secondary N) is 1. The molecule has 0 spiro atoms. The van der Waals surface area contributed by atoms with Gasteiger partial charge >= 0.3 is 0 Å². The average molecular weight is 607 g/mol. The smallest absolute Gasteiger partial charge is 0.0971 e. The fraction of sp³-hybridized carbons (Fsp3) is 0.0233. The van der Waals surface area contributed by atoms with E-state index in [1.807, 2.05) is 11.3 Å². The molecule has 0 saturated heterocycles.